The smallest absolute Gasteiger partial charge is 0.241 e. The van der Waals surface area contributed by atoms with Gasteiger partial charge >= 0.3 is 0 Å². The van der Waals surface area contributed by atoms with Crippen molar-refractivity contribution in [3.63, 3.8) is 0 Å². The molecule has 1 atom stereocenters. The summed E-state index contributed by atoms with van der Waals surface area (Å²) in [6.07, 6.45) is 0.331. The number of nitrogens with two attached hydrogens (primary N) is 1. The Kier molecular flexibility index (Phi) is 6.60. The molecule has 0 heterocycles. The molecule has 1 aromatic carbocycles. The van der Waals surface area contributed by atoms with Crippen molar-refractivity contribution >= 4 is 15.7 Å². The Morgan fingerprint density at radius 1 is 1.33 bits per heavy atom. The molecule has 120 valence electrons. The molecule has 0 spiro atoms. The highest BCUT2D eigenvalue weighted by molar-refractivity contribution is 7.89. The van der Waals surface area contributed by atoms with Gasteiger partial charge in [-0.15, -0.1) is 0 Å². The van der Waals surface area contributed by atoms with Crippen molar-refractivity contribution < 1.29 is 18.3 Å². The van der Waals surface area contributed by atoms with Gasteiger partial charge in [-0.3, -0.25) is 0 Å². The number of aryl methyl sites for hydroxylation is 1. The van der Waals surface area contributed by atoms with Gasteiger partial charge in [0.25, 0.3) is 0 Å². The Bertz CT molecular complexity index is 573. The monoisotopic (exact) mass is 316 g/mol. The van der Waals surface area contributed by atoms with E-state index in [2.05, 4.69) is 4.72 Å². The van der Waals surface area contributed by atoms with E-state index in [1.807, 2.05) is 13.8 Å². The van der Waals surface area contributed by atoms with Gasteiger partial charge in [-0.25, -0.2) is 13.1 Å². The second-order valence-electron chi connectivity index (χ2n) is 4.83. The lowest BCUT2D eigenvalue weighted by Gasteiger charge is -2.16. The maximum atomic E-state index is 12.4. The fourth-order valence-corrected chi connectivity index (χ4v) is 3.54. The van der Waals surface area contributed by atoms with E-state index < -0.39 is 16.1 Å². The average molecular weight is 316 g/mol. The van der Waals surface area contributed by atoms with Gasteiger partial charge in [-0.1, -0.05) is 13.8 Å². The minimum atomic E-state index is -3.72. The standard InChI is InChI=1S/C14H24N2O4S/c1-4-10-6-13(15)12(5-2)14(7-10)21(18,19)16-8-11(17)9-20-3/h6-7,11,16-17H,4-5,8-9,15H2,1-3H3. The lowest BCUT2D eigenvalue weighted by Crippen LogP contribution is -2.34. The third-order valence-corrected chi connectivity index (χ3v) is 4.71. The predicted molar refractivity (Wildman–Crippen MR) is 82.7 cm³/mol. The molecule has 0 saturated heterocycles. The van der Waals surface area contributed by atoms with Crippen molar-refractivity contribution in [2.45, 2.75) is 37.7 Å². The van der Waals surface area contributed by atoms with Crippen LogP contribution >= 0.6 is 0 Å². The van der Waals surface area contributed by atoms with E-state index in [4.69, 9.17) is 10.5 Å². The van der Waals surface area contributed by atoms with Crippen molar-refractivity contribution in [1.82, 2.24) is 4.72 Å². The van der Waals surface area contributed by atoms with Crippen molar-refractivity contribution in [3.8, 4) is 0 Å². The first-order valence-corrected chi connectivity index (χ1v) is 8.41. The minimum absolute atomic E-state index is 0.0697. The largest absolute Gasteiger partial charge is 0.398 e. The van der Waals surface area contributed by atoms with Crippen LogP contribution in [-0.2, 0) is 27.6 Å². The van der Waals surface area contributed by atoms with Crippen molar-refractivity contribution in [1.29, 1.82) is 0 Å². The molecule has 21 heavy (non-hydrogen) atoms. The van der Waals surface area contributed by atoms with E-state index in [-0.39, 0.29) is 18.0 Å². The molecule has 0 radical (unpaired) electrons. The number of anilines is 1. The van der Waals surface area contributed by atoms with Crippen LogP contribution < -0.4 is 10.5 Å². The highest BCUT2D eigenvalue weighted by Crippen LogP contribution is 2.25. The molecule has 0 saturated carbocycles. The lowest BCUT2D eigenvalue weighted by atomic mass is 10.1. The Morgan fingerprint density at radius 2 is 2.00 bits per heavy atom. The van der Waals surface area contributed by atoms with Gasteiger partial charge in [-0.2, -0.15) is 0 Å². The average Bonchev–Trinajstić information content (AvgIpc) is 2.44. The number of hydrogen-bond donors (Lipinski definition) is 3. The zero-order valence-corrected chi connectivity index (χ0v) is 13.5. The molecule has 0 aliphatic rings. The summed E-state index contributed by atoms with van der Waals surface area (Å²) in [4.78, 5) is 0.187. The first kappa shape index (κ1) is 17.9. The van der Waals surface area contributed by atoms with Crippen molar-refractivity contribution in [2.24, 2.45) is 0 Å². The summed E-state index contributed by atoms with van der Waals surface area (Å²) in [5.74, 6) is 0. The molecule has 1 rings (SSSR count). The Labute approximate surface area is 126 Å². The van der Waals surface area contributed by atoms with E-state index >= 15 is 0 Å². The summed E-state index contributed by atoms with van der Waals surface area (Å²) in [5.41, 5.74) is 7.89. The molecule has 0 amide bonds. The molecule has 1 unspecified atom stereocenters. The number of aliphatic hydroxyl groups excluding tert-OH is 1. The van der Waals surface area contributed by atoms with E-state index in [1.165, 1.54) is 7.11 Å². The van der Waals surface area contributed by atoms with Crippen LogP contribution in [0.25, 0.3) is 0 Å². The predicted octanol–water partition coefficient (Wildman–Crippen LogP) is 0.679. The molecule has 0 aromatic heterocycles. The van der Waals surface area contributed by atoms with Crippen molar-refractivity contribution in [2.75, 3.05) is 26.0 Å². The summed E-state index contributed by atoms with van der Waals surface area (Å²) < 4.78 is 32.0. The van der Waals surface area contributed by atoms with Crippen LogP contribution in [0, 0.1) is 0 Å². The second-order valence-corrected chi connectivity index (χ2v) is 6.57. The van der Waals surface area contributed by atoms with Gasteiger partial charge in [0.05, 0.1) is 17.6 Å². The van der Waals surface area contributed by atoms with Crippen LogP contribution in [0.5, 0.6) is 0 Å². The van der Waals surface area contributed by atoms with Crippen LogP contribution in [0.2, 0.25) is 0 Å². The highest BCUT2D eigenvalue weighted by atomic mass is 32.2. The van der Waals surface area contributed by atoms with Gasteiger partial charge in [0.15, 0.2) is 0 Å². The molecule has 0 bridgehead atoms. The molecule has 4 N–H and O–H groups in total. The summed E-state index contributed by atoms with van der Waals surface area (Å²) in [7, 11) is -2.27. The van der Waals surface area contributed by atoms with Crippen LogP contribution in [0.1, 0.15) is 25.0 Å². The maximum Gasteiger partial charge on any atom is 0.241 e. The molecule has 6 nitrogen and oxygen atoms in total. The van der Waals surface area contributed by atoms with Crippen LogP contribution in [0.3, 0.4) is 0 Å². The van der Waals surface area contributed by atoms with Crippen molar-refractivity contribution in [3.05, 3.63) is 23.3 Å². The third kappa shape index (κ3) is 4.67. The molecular weight excluding hydrogens is 292 g/mol. The molecule has 0 aliphatic carbocycles. The number of benzene rings is 1. The first-order chi connectivity index (χ1) is 9.85. The minimum Gasteiger partial charge on any atom is -0.398 e. The fourth-order valence-electron chi connectivity index (χ4n) is 2.08. The van der Waals surface area contributed by atoms with Gasteiger partial charge < -0.3 is 15.6 Å². The van der Waals surface area contributed by atoms with Gasteiger partial charge in [0.2, 0.25) is 10.0 Å². The molecule has 0 aliphatic heterocycles. The number of nitrogen functional groups attached to an aromatic ring is 1. The number of nitrogens with one attached hydrogen (secondary N) is 1. The fraction of sp³-hybridized carbons (Fsp3) is 0.571. The van der Waals surface area contributed by atoms with Gasteiger partial charge in [0.1, 0.15) is 0 Å². The Balaban J connectivity index is 3.09. The molecule has 7 heteroatoms. The summed E-state index contributed by atoms with van der Waals surface area (Å²) in [6, 6.07) is 3.44. The lowest BCUT2D eigenvalue weighted by molar-refractivity contribution is 0.0679. The van der Waals surface area contributed by atoms with Gasteiger partial charge in [0, 0.05) is 19.3 Å². The first-order valence-electron chi connectivity index (χ1n) is 6.93. The van der Waals surface area contributed by atoms with E-state index in [0.717, 1.165) is 5.56 Å². The summed E-state index contributed by atoms with van der Waals surface area (Å²) in [5, 5.41) is 9.56. The molecule has 1 aromatic rings. The number of sulfonamides is 1. The topological polar surface area (TPSA) is 102 Å². The van der Waals surface area contributed by atoms with E-state index in [9.17, 15) is 13.5 Å². The second kappa shape index (κ2) is 7.74. The number of ether oxygens (including phenoxy) is 1. The molecule has 0 fully saturated rings. The highest BCUT2D eigenvalue weighted by Gasteiger charge is 2.21. The number of aliphatic hydroxyl groups is 1. The normalized spacial score (nSPS) is 13.3. The van der Waals surface area contributed by atoms with Crippen LogP contribution in [0.15, 0.2) is 17.0 Å². The summed E-state index contributed by atoms with van der Waals surface area (Å²) >= 11 is 0. The Hall–Kier alpha value is -1.15. The van der Waals surface area contributed by atoms with E-state index in [0.29, 0.717) is 24.1 Å². The van der Waals surface area contributed by atoms with Crippen LogP contribution in [-0.4, -0.2) is 39.9 Å². The molecular formula is C14H24N2O4S. The zero-order valence-electron chi connectivity index (χ0n) is 12.7. The number of methoxy groups -OCH3 is 1. The summed E-state index contributed by atoms with van der Waals surface area (Å²) in [6.45, 7) is 3.76. The maximum absolute atomic E-state index is 12.4. The number of rotatable bonds is 8. The van der Waals surface area contributed by atoms with E-state index in [1.54, 1.807) is 12.1 Å². The van der Waals surface area contributed by atoms with Gasteiger partial charge in [-0.05, 0) is 36.1 Å². The SMILES string of the molecule is CCc1cc(N)c(CC)c(S(=O)(=O)NCC(O)COC)c1. The zero-order chi connectivity index (χ0) is 16.0. The quantitative estimate of drug-likeness (QED) is 0.612. The third-order valence-electron chi connectivity index (χ3n) is 3.22. The number of hydrogen-bond acceptors (Lipinski definition) is 5. The Morgan fingerprint density at radius 3 is 2.52 bits per heavy atom. The van der Waals surface area contributed by atoms with Crippen LogP contribution in [0.4, 0.5) is 5.69 Å².